The number of hydrogen-bond acceptors (Lipinski definition) is 3. The largest absolute Gasteiger partial charge is 0.496 e. The topological polar surface area (TPSA) is 31.0 Å². The summed E-state index contributed by atoms with van der Waals surface area (Å²) in [4.78, 5) is 0. The summed E-state index contributed by atoms with van der Waals surface area (Å²) in [5, 5.41) is 0. The first-order chi connectivity index (χ1) is 12.0. The van der Waals surface area contributed by atoms with E-state index in [4.69, 9.17) is 14.2 Å². The maximum absolute atomic E-state index is 6.35. The van der Waals surface area contributed by atoms with Gasteiger partial charge >= 0.3 is 0 Å². The highest BCUT2D eigenvalue weighted by atomic mass is 16.6. The zero-order chi connectivity index (χ0) is 17.7. The maximum Gasteiger partial charge on any atom is 0.124 e. The Morgan fingerprint density at radius 3 is 1.60 bits per heavy atom. The first kappa shape index (κ1) is 16.5. The molecule has 3 heteroatoms. The van der Waals surface area contributed by atoms with Crippen molar-refractivity contribution in [3.05, 3.63) is 58.7 Å². The van der Waals surface area contributed by atoms with Crippen LogP contribution >= 0.6 is 0 Å². The highest BCUT2D eigenvalue weighted by Crippen LogP contribution is 2.62. The van der Waals surface area contributed by atoms with Gasteiger partial charge in [0.15, 0.2) is 0 Å². The molecule has 0 amide bonds. The molecule has 25 heavy (non-hydrogen) atoms. The van der Waals surface area contributed by atoms with Crippen LogP contribution in [0.15, 0.2) is 36.4 Å². The second kappa shape index (κ2) is 5.77. The van der Waals surface area contributed by atoms with Crippen molar-refractivity contribution >= 4 is 0 Å². The van der Waals surface area contributed by atoms with Crippen molar-refractivity contribution in [1.29, 1.82) is 0 Å². The fraction of sp³-hybridized carbons (Fsp3) is 0.455. The van der Waals surface area contributed by atoms with Crippen molar-refractivity contribution < 1.29 is 14.2 Å². The van der Waals surface area contributed by atoms with E-state index >= 15 is 0 Å². The Bertz CT molecular complexity index is 745. The average Bonchev–Trinajstić information content (AvgIpc) is 3.21. The molecule has 2 aromatic carbocycles. The van der Waals surface area contributed by atoms with E-state index in [0.29, 0.717) is 0 Å². The summed E-state index contributed by atoms with van der Waals surface area (Å²) in [5.74, 6) is 1.95. The van der Waals surface area contributed by atoms with E-state index in [1.807, 2.05) is 0 Å². The Labute approximate surface area is 149 Å². The van der Waals surface area contributed by atoms with E-state index in [-0.39, 0.29) is 11.2 Å². The number of aryl methyl sites for hydroxylation is 2. The lowest BCUT2D eigenvalue weighted by Crippen LogP contribution is -2.17. The molecule has 0 radical (unpaired) electrons. The molecule has 2 aliphatic rings. The number of benzene rings is 2. The van der Waals surface area contributed by atoms with Crippen LogP contribution in [0.2, 0.25) is 0 Å². The van der Waals surface area contributed by atoms with Gasteiger partial charge in [-0.2, -0.15) is 0 Å². The summed E-state index contributed by atoms with van der Waals surface area (Å²) in [6.07, 6.45) is 4.29. The molecular weight excluding hydrogens is 312 g/mol. The van der Waals surface area contributed by atoms with Crippen molar-refractivity contribution in [3.63, 3.8) is 0 Å². The third-order valence-electron chi connectivity index (χ3n) is 6.08. The van der Waals surface area contributed by atoms with Gasteiger partial charge in [-0.3, -0.25) is 0 Å². The smallest absolute Gasteiger partial charge is 0.124 e. The van der Waals surface area contributed by atoms with Gasteiger partial charge in [0.1, 0.15) is 22.7 Å². The van der Waals surface area contributed by atoms with Gasteiger partial charge in [0.05, 0.1) is 14.2 Å². The van der Waals surface area contributed by atoms with Crippen molar-refractivity contribution in [3.8, 4) is 11.5 Å². The Morgan fingerprint density at radius 2 is 1.20 bits per heavy atom. The number of methoxy groups -OCH3 is 2. The molecule has 1 aliphatic carbocycles. The Hall–Kier alpha value is -2.00. The molecule has 0 N–H and O–H groups in total. The molecule has 2 aromatic rings. The van der Waals surface area contributed by atoms with E-state index in [1.165, 1.54) is 22.3 Å². The van der Waals surface area contributed by atoms with Crippen LogP contribution in [0.1, 0.15) is 48.9 Å². The maximum atomic E-state index is 6.35. The average molecular weight is 338 g/mol. The predicted octanol–water partition coefficient (Wildman–Crippen LogP) is 4.74. The molecule has 4 bridgehead atoms. The zero-order valence-corrected chi connectivity index (χ0v) is 15.5. The number of rotatable bonds is 2. The summed E-state index contributed by atoms with van der Waals surface area (Å²) in [6.45, 7) is 4.38. The Balaban J connectivity index is 1.83. The van der Waals surface area contributed by atoms with Gasteiger partial charge in [-0.1, -0.05) is 12.1 Å². The second-order valence-electron chi connectivity index (χ2n) is 7.43. The van der Waals surface area contributed by atoms with Gasteiger partial charge < -0.3 is 14.2 Å². The van der Waals surface area contributed by atoms with Crippen LogP contribution in [0.25, 0.3) is 0 Å². The van der Waals surface area contributed by atoms with Crippen LogP contribution in [0, 0.1) is 0 Å². The third kappa shape index (κ3) is 2.44. The van der Waals surface area contributed by atoms with Crippen LogP contribution in [0.4, 0.5) is 0 Å². The van der Waals surface area contributed by atoms with Crippen molar-refractivity contribution in [2.75, 3.05) is 14.2 Å². The summed E-state index contributed by atoms with van der Waals surface area (Å²) >= 11 is 0. The van der Waals surface area contributed by atoms with Gasteiger partial charge in [0.25, 0.3) is 0 Å². The number of ether oxygens (including phenoxy) is 3. The van der Waals surface area contributed by atoms with E-state index in [2.05, 4.69) is 50.2 Å². The van der Waals surface area contributed by atoms with Crippen molar-refractivity contribution in [1.82, 2.24) is 0 Å². The monoisotopic (exact) mass is 338 g/mol. The van der Waals surface area contributed by atoms with Crippen molar-refractivity contribution in [2.24, 2.45) is 0 Å². The molecule has 0 aromatic heterocycles. The molecule has 2 unspecified atom stereocenters. The highest BCUT2D eigenvalue weighted by molar-refractivity contribution is 5.48. The van der Waals surface area contributed by atoms with Gasteiger partial charge in [-0.05, 0) is 86.1 Å². The molecule has 1 aliphatic heterocycles. The predicted molar refractivity (Wildman–Crippen MR) is 98.4 cm³/mol. The SMILES string of the molecule is COc1ccc2cc1CCCCc1cc(ccc1OC)C1(C)OC21C. The molecular formula is C22H26O3. The third-order valence-corrected chi connectivity index (χ3v) is 6.08. The molecule has 132 valence electrons. The summed E-state index contributed by atoms with van der Waals surface area (Å²) in [5.41, 5.74) is 4.39. The van der Waals surface area contributed by atoms with E-state index in [9.17, 15) is 0 Å². The zero-order valence-electron chi connectivity index (χ0n) is 15.5. The quantitative estimate of drug-likeness (QED) is 0.741. The highest BCUT2D eigenvalue weighted by Gasteiger charge is 2.65. The van der Waals surface area contributed by atoms with Crippen molar-refractivity contribution in [2.45, 2.75) is 50.7 Å². The standard InChI is InChI=1S/C22H26O3/c1-21-17-9-11-19(23-3)15(13-17)7-5-6-8-16-14-18(22(21,2)25-21)10-12-20(16)24-4/h9-14H,5-8H2,1-4H3. The van der Waals surface area contributed by atoms with E-state index in [1.54, 1.807) is 14.2 Å². The lowest BCUT2D eigenvalue weighted by Gasteiger charge is -2.19. The second-order valence-corrected chi connectivity index (χ2v) is 7.43. The fourth-order valence-corrected chi connectivity index (χ4v) is 4.22. The lowest BCUT2D eigenvalue weighted by atomic mass is 9.82. The normalized spacial score (nSPS) is 27.5. The molecule has 3 nitrogen and oxygen atoms in total. The minimum Gasteiger partial charge on any atom is -0.496 e. The summed E-state index contributed by atoms with van der Waals surface area (Å²) in [6, 6.07) is 13.0. The van der Waals surface area contributed by atoms with Gasteiger partial charge in [-0.25, -0.2) is 0 Å². The Morgan fingerprint density at radius 1 is 0.760 bits per heavy atom. The fourth-order valence-electron chi connectivity index (χ4n) is 4.22. The molecule has 0 spiro atoms. The minimum atomic E-state index is -0.306. The van der Waals surface area contributed by atoms with Crippen LogP contribution in [-0.4, -0.2) is 14.2 Å². The van der Waals surface area contributed by atoms with Gasteiger partial charge in [0.2, 0.25) is 0 Å². The molecule has 0 saturated carbocycles. The Kier molecular flexibility index (Phi) is 3.80. The molecule has 1 heterocycles. The van der Waals surface area contributed by atoms with Crippen LogP contribution < -0.4 is 9.47 Å². The number of epoxide rings is 1. The first-order valence-corrected chi connectivity index (χ1v) is 9.07. The van der Waals surface area contributed by atoms with Crippen LogP contribution in [-0.2, 0) is 28.8 Å². The number of hydrogen-bond donors (Lipinski definition) is 0. The summed E-state index contributed by atoms with van der Waals surface area (Å²) in [7, 11) is 3.49. The van der Waals surface area contributed by atoms with Gasteiger partial charge in [-0.15, -0.1) is 0 Å². The van der Waals surface area contributed by atoms with E-state index < -0.39 is 0 Å². The molecule has 1 fully saturated rings. The van der Waals surface area contributed by atoms with Gasteiger partial charge in [0, 0.05) is 0 Å². The summed E-state index contributed by atoms with van der Waals surface area (Å²) < 4.78 is 17.5. The first-order valence-electron chi connectivity index (χ1n) is 9.07. The minimum absolute atomic E-state index is 0.306. The van der Waals surface area contributed by atoms with Crippen LogP contribution in [0.5, 0.6) is 11.5 Å². The number of fused-ring (bicyclic) bond motifs is 7. The van der Waals surface area contributed by atoms with E-state index in [0.717, 1.165) is 37.2 Å². The van der Waals surface area contributed by atoms with Crippen LogP contribution in [0.3, 0.4) is 0 Å². The molecule has 1 saturated heterocycles. The molecule has 4 rings (SSSR count). The lowest BCUT2D eigenvalue weighted by molar-refractivity contribution is 0.280. The molecule has 2 atom stereocenters.